The van der Waals surface area contributed by atoms with Gasteiger partial charge in [0.05, 0.1) is 12.2 Å². The SMILES string of the molecule is COC1CC[C@@H]2CCOC12. The van der Waals surface area contributed by atoms with Crippen LogP contribution in [0.2, 0.25) is 0 Å². The Hall–Kier alpha value is -0.0800. The summed E-state index contributed by atoms with van der Waals surface area (Å²) < 4.78 is 10.9. The van der Waals surface area contributed by atoms with E-state index in [0.717, 1.165) is 12.5 Å². The fourth-order valence-electron chi connectivity index (χ4n) is 2.17. The molecular formula is C8H14O2. The van der Waals surface area contributed by atoms with E-state index in [1.807, 2.05) is 0 Å². The topological polar surface area (TPSA) is 18.5 Å². The smallest absolute Gasteiger partial charge is 0.0865 e. The predicted molar refractivity (Wildman–Crippen MR) is 37.9 cm³/mol. The van der Waals surface area contributed by atoms with E-state index in [-0.39, 0.29) is 0 Å². The minimum Gasteiger partial charge on any atom is -0.379 e. The van der Waals surface area contributed by atoms with Gasteiger partial charge in [-0.25, -0.2) is 0 Å². The Labute approximate surface area is 61.5 Å². The molecule has 0 radical (unpaired) electrons. The molecule has 0 aromatic heterocycles. The Kier molecular flexibility index (Phi) is 1.66. The lowest BCUT2D eigenvalue weighted by molar-refractivity contribution is -0.0181. The second-order valence-corrected chi connectivity index (χ2v) is 3.24. The molecule has 2 aliphatic rings. The van der Waals surface area contributed by atoms with Crippen molar-refractivity contribution in [1.29, 1.82) is 0 Å². The van der Waals surface area contributed by atoms with Crippen molar-refractivity contribution in [3.8, 4) is 0 Å². The zero-order chi connectivity index (χ0) is 6.97. The molecule has 2 fully saturated rings. The summed E-state index contributed by atoms with van der Waals surface area (Å²) in [5.74, 6) is 0.810. The van der Waals surface area contributed by atoms with E-state index < -0.39 is 0 Å². The molecule has 10 heavy (non-hydrogen) atoms. The van der Waals surface area contributed by atoms with E-state index in [4.69, 9.17) is 9.47 Å². The van der Waals surface area contributed by atoms with Gasteiger partial charge in [-0.3, -0.25) is 0 Å². The van der Waals surface area contributed by atoms with Crippen LogP contribution in [-0.4, -0.2) is 25.9 Å². The van der Waals surface area contributed by atoms with Crippen molar-refractivity contribution in [2.75, 3.05) is 13.7 Å². The summed E-state index contributed by atoms with van der Waals surface area (Å²) in [6, 6.07) is 0. The lowest BCUT2D eigenvalue weighted by Gasteiger charge is -2.15. The van der Waals surface area contributed by atoms with Crippen LogP contribution in [-0.2, 0) is 9.47 Å². The molecule has 0 spiro atoms. The molecule has 0 N–H and O–H groups in total. The monoisotopic (exact) mass is 142 g/mol. The number of fused-ring (bicyclic) bond motifs is 1. The van der Waals surface area contributed by atoms with Gasteiger partial charge < -0.3 is 9.47 Å². The van der Waals surface area contributed by atoms with Crippen molar-refractivity contribution < 1.29 is 9.47 Å². The van der Waals surface area contributed by atoms with Gasteiger partial charge in [0, 0.05) is 13.7 Å². The van der Waals surface area contributed by atoms with Gasteiger partial charge in [0.25, 0.3) is 0 Å². The summed E-state index contributed by atoms with van der Waals surface area (Å²) in [5.41, 5.74) is 0. The van der Waals surface area contributed by atoms with E-state index in [1.165, 1.54) is 19.3 Å². The molecule has 2 unspecified atom stereocenters. The summed E-state index contributed by atoms with van der Waals surface area (Å²) >= 11 is 0. The second-order valence-electron chi connectivity index (χ2n) is 3.24. The second kappa shape index (κ2) is 2.51. The minimum absolute atomic E-state index is 0.396. The molecule has 0 aromatic carbocycles. The fourth-order valence-corrected chi connectivity index (χ4v) is 2.17. The maximum atomic E-state index is 5.56. The average Bonchev–Trinajstić information content (AvgIpc) is 2.44. The van der Waals surface area contributed by atoms with Crippen molar-refractivity contribution in [2.45, 2.75) is 31.5 Å². The molecule has 3 atom stereocenters. The Morgan fingerprint density at radius 2 is 2.20 bits per heavy atom. The lowest BCUT2D eigenvalue weighted by atomic mass is 10.1. The molecule has 0 aromatic rings. The third kappa shape index (κ3) is 0.867. The van der Waals surface area contributed by atoms with E-state index in [2.05, 4.69) is 0 Å². The third-order valence-electron chi connectivity index (χ3n) is 2.75. The highest BCUT2D eigenvalue weighted by Gasteiger charge is 2.40. The van der Waals surface area contributed by atoms with E-state index in [1.54, 1.807) is 7.11 Å². The number of ether oxygens (including phenoxy) is 2. The van der Waals surface area contributed by atoms with Crippen LogP contribution < -0.4 is 0 Å². The van der Waals surface area contributed by atoms with Crippen LogP contribution in [0.3, 0.4) is 0 Å². The Balaban J connectivity index is 2.01. The predicted octanol–water partition coefficient (Wildman–Crippen LogP) is 1.20. The van der Waals surface area contributed by atoms with Gasteiger partial charge in [-0.1, -0.05) is 0 Å². The first-order chi connectivity index (χ1) is 4.92. The maximum absolute atomic E-state index is 5.56. The van der Waals surface area contributed by atoms with Gasteiger partial charge in [0.15, 0.2) is 0 Å². The van der Waals surface area contributed by atoms with Crippen LogP contribution >= 0.6 is 0 Å². The first-order valence-electron chi connectivity index (χ1n) is 4.06. The molecule has 1 aliphatic heterocycles. The van der Waals surface area contributed by atoms with Gasteiger partial charge in [-0.2, -0.15) is 0 Å². The summed E-state index contributed by atoms with van der Waals surface area (Å²) in [4.78, 5) is 0. The number of hydrogen-bond acceptors (Lipinski definition) is 2. The summed E-state index contributed by atoms with van der Waals surface area (Å²) in [7, 11) is 1.79. The molecule has 1 saturated carbocycles. The molecule has 1 saturated heterocycles. The normalized spacial score (nSPS) is 45.9. The van der Waals surface area contributed by atoms with Crippen molar-refractivity contribution in [1.82, 2.24) is 0 Å². The zero-order valence-electron chi connectivity index (χ0n) is 6.38. The first-order valence-corrected chi connectivity index (χ1v) is 4.06. The largest absolute Gasteiger partial charge is 0.379 e. The Morgan fingerprint density at radius 3 is 3.00 bits per heavy atom. The molecule has 58 valence electrons. The number of hydrogen-bond donors (Lipinski definition) is 0. The minimum atomic E-state index is 0.396. The molecule has 1 aliphatic carbocycles. The first kappa shape index (κ1) is 6.62. The van der Waals surface area contributed by atoms with Gasteiger partial charge in [0.2, 0.25) is 0 Å². The Bertz CT molecular complexity index is 124. The quantitative estimate of drug-likeness (QED) is 0.547. The average molecular weight is 142 g/mol. The van der Waals surface area contributed by atoms with Gasteiger partial charge in [0.1, 0.15) is 0 Å². The molecule has 2 rings (SSSR count). The highest BCUT2D eigenvalue weighted by atomic mass is 16.5. The highest BCUT2D eigenvalue weighted by Crippen LogP contribution is 2.36. The van der Waals surface area contributed by atoms with E-state index >= 15 is 0 Å². The van der Waals surface area contributed by atoms with Gasteiger partial charge in [-0.05, 0) is 25.2 Å². The zero-order valence-corrected chi connectivity index (χ0v) is 6.38. The van der Waals surface area contributed by atoms with Crippen LogP contribution in [0.5, 0.6) is 0 Å². The van der Waals surface area contributed by atoms with Crippen LogP contribution in [0.1, 0.15) is 19.3 Å². The third-order valence-corrected chi connectivity index (χ3v) is 2.75. The summed E-state index contributed by atoms with van der Waals surface area (Å²) in [6.07, 6.45) is 4.59. The molecular weight excluding hydrogens is 128 g/mol. The highest BCUT2D eigenvalue weighted by molar-refractivity contribution is 4.89. The molecule has 1 heterocycles. The molecule has 2 heteroatoms. The standard InChI is InChI=1S/C8H14O2/c1-9-7-3-2-6-4-5-10-8(6)7/h6-8H,2-5H2,1H3/t6-,7?,8?/m1/s1. The number of methoxy groups -OCH3 is 1. The Morgan fingerprint density at radius 1 is 1.30 bits per heavy atom. The van der Waals surface area contributed by atoms with E-state index in [0.29, 0.717) is 12.2 Å². The molecule has 0 bridgehead atoms. The summed E-state index contributed by atoms with van der Waals surface area (Å²) in [5, 5.41) is 0. The van der Waals surface area contributed by atoms with Crippen molar-refractivity contribution >= 4 is 0 Å². The fraction of sp³-hybridized carbons (Fsp3) is 1.00. The molecule has 2 nitrogen and oxygen atoms in total. The van der Waals surface area contributed by atoms with Crippen molar-refractivity contribution in [3.63, 3.8) is 0 Å². The van der Waals surface area contributed by atoms with Crippen LogP contribution in [0.4, 0.5) is 0 Å². The number of rotatable bonds is 1. The van der Waals surface area contributed by atoms with Gasteiger partial charge in [-0.15, -0.1) is 0 Å². The van der Waals surface area contributed by atoms with Crippen molar-refractivity contribution in [3.05, 3.63) is 0 Å². The maximum Gasteiger partial charge on any atom is 0.0865 e. The van der Waals surface area contributed by atoms with Crippen LogP contribution in [0.25, 0.3) is 0 Å². The summed E-state index contributed by atoms with van der Waals surface area (Å²) in [6.45, 7) is 0.954. The lowest BCUT2D eigenvalue weighted by Crippen LogP contribution is -2.24. The van der Waals surface area contributed by atoms with Crippen LogP contribution in [0, 0.1) is 5.92 Å². The molecule has 0 amide bonds. The van der Waals surface area contributed by atoms with Crippen molar-refractivity contribution in [2.24, 2.45) is 5.92 Å². The van der Waals surface area contributed by atoms with Crippen LogP contribution in [0.15, 0.2) is 0 Å². The van der Waals surface area contributed by atoms with E-state index in [9.17, 15) is 0 Å². The van der Waals surface area contributed by atoms with Gasteiger partial charge >= 0.3 is 0 Å².